The van der Waals surface area contributed by atoms with Gasteiger partial charge in [-0.25, -0.2) is 0 Å². The largest absolute Gasteiger partial charge is 0.480 e. The topological polar surface area (TPSA) is 79.5 Å². The zero-order valence-electron chi connectivity index (χ0n) is 16.5. The fraction of sp³-hybridized carbons (Fsp3) is 0.429. The maximum Gasteiger partial charge on any atom is 0.320 e. The van der Waals surface area contributed by atoms with Crippen LogP contribution < -0.4 is 5.73 Å². The molecule has 1 aromatic carbocycles. The van der Waals surface area contributed by atoms with E-state index in [9.17, 15) is 4.79 Å². The molecule has 5 nitrogen and oxygen atoms in total. The number of aromatic nitrogens is 1. The van der Waals surface area contributed by atoms with Gasteiger partial charge < -0.3 is 15.7 Å². The van der Waals surface area contributed by atoms with Crippen LogP contribution in [0.15, 0.2) is 48.7 Å². The smallest absolute Gasteiger partial charge is 0.320 e. The summed E-state index contributed by atoms with van der Waals surface area (Å²) in [7, 11) is 4.19. The molecule has 0 bridgehead atoms. The first-order chi connectivity index (χ1) is 12.7. The fourth-order valence-electron chi connectivity index (χ4n) is 2.43. The van der Waals surface area contributed by atoms with Gasteiger partial charge in [0.15, 0.2) is 0 Å². The van der Waals surface area contributed by atoms with Gasteiger partial charge in [0, 0.05) is 22.8 Å². The van der Waals surface area contributed by atoms with Crippen molar-refractivity contribution in [3.63, 3.8) is 0 Å². The van der Waals surface area contributed by atoms with Crippen molar-refractivity contribution < 1.29 is 9.90 Å². The molecular formula is C21H30ClN3O2. The lowest BCUT2D eigenvalue weighted by molar-refractivity contribution is -0.139. The molecule has 1 aromatic heterocycles. The first-order valence-electron chi connectivity index (χ1n) is 9.01. The summed E-state index contributed by atoms with van der Waals surface area (Å²) in [6.07, 6.45) is 2.90. The third-order valence-corrected chi connectivity index (χ3v) is 4.44. The molecule has 2 aromatic rings. The Morgan fingerprint density at radius 3 is 2.22 bits per heavy atom. The van der Waals surface area contributed by atoms with Gasteiger partial charge in [-0.15, -0.1) is 0 Å². The van der Waals surface area contributed by atoms with Crippen molar-refractivity contribution in [1.82, 2.24) is 9.88 Å². The van der Waals surface area contributed by atoms with E-state index in [2.05, 4.69) is 42.2 Å². The molecule has 2 rings (SSSR count). The number of pyridine rings is 1. The van der Waals surface area contributed by atoms with Crippen molar-refractivity contribution in [1.29, 1.82) is 0 Å². The molecule has 0 saturated heterocycles. The standard InChI is InChI=1S/C16H19ClN2.C5H11NO2/c1-19(2)12-10-15(16-5-3-4-11-18-16)13-6-8-14(17)9-7-13;1-3(2)4(6)5(7)8/h3-9,11,15H,10,12H2,1-2H3;3-4H,6H2,1-2H3,(H,7,8)/t;4-/m.0/s1. The summed E-state index contributed by atoms with van der Waals surface area (Å²) in [5, 5.41) is 9.00. The molecule has 1 heterocycles. The molecule has 0 aliphatic rings. The van der Waals surface area contributed by atoms with Crippen molar-refractivity contribution in [3.05, 3.63) is 64.9 Å². The summed E-state index contributed by atoms with van der Waals surface area (Å²) in [5.74, 6) is -0.589. The number of hydrogen-bond acceptors (Lipinski definition) is 4. The van der Waals surface area contributed by atoms with Crippen LogP contribution in [0.2, 0.25) is 5.02 Å². The molecule has 0 aliphatic heterocycles. The first kappa shape index (κ1) is 23.1. The highest BCUT2D eigenvalue weighted by Gasteiger charge is 2.15. The Morgan fingerprint density at radius 1 is 1.19 bits per heavy atom. The average molecular weight is 392 g/mol. The number of nitrogens with zero attached hydrogens (tertiary/aromatic N) is 2. The minimum Gasteiger partial charge on any atom is -0.480 e. The number of halogens is 1. The minimum atomic E-state index is -0.931. The third kappa shape index (κ3) is 8.52. The highest BCUT2D eigenvalue weighted by molar-refractivity contribution is 6.30. The number of hydrogen-bond donors (Lipinski definition) is 2. The van der Waals surface area contributed by atoms with Gasteiger partial charge in [0.1, 0.15) is 6.04 Å². The van der Waals surface area contributed by atoms with Crippen LogP contribution in [-0.4, -0.2) is 47.6 Å². The maximum absolute atomic E-state index is 10.0. The van der Waals surface area contributed by atoms with E-state index in [4.69, 9.17) is 22.4 Å². The molecule has 2 atom stereocenters. The third-order valence-electron chi connectivity index (χ3n) is 4.19. The van der Waals surface area contributed by atoms with E-state index in [0.29, 0.717) is 5.92 Å². The number of rotatable bonds is 7. The Labute approximate surface area is 167 Å². The zero-order valence-corrected chi connectivity index (χ0v) is 17.2. The summed E-state index contributed by atoms with van der Waals surface area (Å²) in [6, 6.07) is 13.5. The molecule has 6 heteroatoms. The summed E-state index contributed by atoms with van der Waals surface area (Å²) in [4.78, 5) is 16.7. The summed E-state index contributed by atoms with van der Waals surface area (Å²) in [5.41, 5.74) is 7.55. The lowest BCUT2D eigenvalue weighted by Crippen LogP contribution is -2.34. The van der Waals surface area contributed by atoms with E-state index in [1.165, 1.54) is 5.56 Å². The number of carbonyl (C=O) groups is 1. The predicted octanol–water partition coefficient (Wildman–Crippen LogP) is 3.87. The second kappa shape index (κ2) is 11.7. The highest BCUT2D eigenvalue weighted by Crippen LogP contribution is 2.27. The zero-order chi connectivity index (χ0) is 20.4. The lowest BCUT2D eigenvalue weighted by Gasteiger charge is -2.19. The van der Waals surface area contributed by atoms with E-state index in [-0.39, 0.29) is 5.92 Å². The van der Waals surface area contributed by atoms with E-state index >= 15 is 0 Å². The van der Waals surface area contributed by atoms with Gasteiger partial charge in [0.05, 0.1) is 0 Å². The monoisotopic (exact) mass is 391 g/mol. The highest BCUT2D eigenvalue weighted by atomic mass is 35.5. The Balaban J connectivity index is 0.000000387. The van der Waals surface area contributed by atoms with E-state index < -0.39 is 12.0 Å². The first-order valence-corrected chi connectivity index (χ1v) is 9.39. The van der Waals surface area contributed by atoms with Crippen LogP contribution in [-0.2, 0) is 4.79 Å². The Bertz CT molecular complexity index is 676. The van der Waals surface area contributed by atoms with Crippen LogP contribution in [0.5, 0.6) is 0 Å². The molecule has 148 valence electrons. The molecule has 1 unspecified atom stereocenters. The molecule has 0 amide bonds. The van der Waals surface area contributed by atoms with Crippen LogP contribution in [0.3, 0.4) is 0 Å². The molecular weight excluding hydrogens is 362 g/mol. The van der Waals surface area contributed by atoms with Gasteiger partial charge in [0.25, 0.3) is 0 Å². The summed E-state index contributed by atoms with van der Waals surface area (Å²) >= 11 is 5.97. The molecule has 0 spiro atoms. The predicted molar refractivity (Wildman–Crippen MR) is 111 cm³/mol. The van der Waals surface area contributed by atoms with Crippen LogP contribution in [0.4, 0.5) is 0 Å². The molecule has 0 radical (unpaired) electrons. The maximum atomic E-state index is 10.0. The Kier molecular flexibility index (Phi) is 10.0. The van der Waals surface area contributed by atoms with E-state index in [1.54, 1.807) is 13.8 Å². The van der Waals surface area contributed by atoms with Gasteiger partial charge in [-0.1, -0.05) is 43.6 Å². The van der Waals surface area contributed by atoms with Crippen LogP contribution >= 0.6 is 11.6 Å². The van der Waals surface area contributed by atoms with Gasteiger partial charge in [-0.05, 0) is 62.8 Å². The summed E-state index contributed by atoms with van der Waals surface area (Å²) in [6.45, 7) is 4.58. The van der Waals surface area contributed by atoms with Crippen molar-refractivity contribution in [2.75, 3.05) is 20.6 Å². The molecule has 3 N–H and O–H groups in total. The average Bonchev–Trinajstić information content (AvgIpc) is 2.63. The second-order valence-corrected chi connectivity index (χ2v) is 7.50. The Morgan fingerprint density at radius 2 is 1.81 bits per heavy atom. The second-order valence-electron chi connectivity index (χ2n) is 7.06. The minimum absolute atomic E-state index is 0.0208. The molecule has 0 aliphatic carbocycles. The van der Waals surface area contributed by atoms with Crippen molar-refractivity contribution in [2.24, 2.45) is 11.7 Å². The van der Waals surface area contributed by atoms with Crippen molar-refractivity contribution in [3.8, 4) is 0 Å². The van der Waals surface area contributed by atoms with Crippen LogP contribution in [0, 0.1) is 5.92 Å². The normalized spacial score (nSPS) is 13.0. The number of nitrogens with two attached hydrogens (primary N) is 1. The quantitative estimate of drug-likeness (QED) is 0.748. The van der Waals surface area contributed by atoms with Crippen LogP contribution in [0.25, 0.3) is 0 Å². The van der Waals surface area contributed by atoms with Crippen molar-refractivity contribution >= 4 is 17.6 Å². The van der Waals surface area contributed by atoms with E-state index in [0.717, 1.165) is 23.7 Å². The molecule has 0 saturated carbocycles. The number of carboxylic acid groups (broad SMARTS) is 1. The lowest BCUT2D eigenvalue weighted by atomic mass is 9.92. The van der Waals surface area contributed by atoms with Crippen molar-refractivity contribution in [2.45, 2.75) is 32.2 Å². The van der Waals surface area contributed by atoms with Crippen LogP contribution in [0.1, 0.15) is 37.4 Å². The van der Waals surface area contributed by atoms with Gasteiger partial charge in [-0.2, -0.15) is 0 Å². The number of benzene rings is 1. The summed E-state index contributed by atoms with van der Waals surface area (Å²) < 4.78 is 0. The van der Waals surface area contributed by atoms with Gasteiger partial charge in [0.2, 0.25) is 0 Å². The SMILES string of the molecule is CC(C)[C@H](N)C(=O)O.CN(C)CCC(c1ccc(Cl)cc1)c1ccccn1. The van der Waals surface area contributed by atoms with Gasteiger partial charge in [-0.3, -0.25) is 9.78 Å². The number of aliphatic carboxylic acids is 1. The van der Waals surface area contributed by atoms with E-state index in [1.807, 2.05) is 30.5 Å². The Hall–Kier alpha value is -1.95. The fourth-order valence-corrected chi connectivity index (χ4v) is 2.56. The molecule has 0 fully saturated rings. The number of carboxylic acids is 1. The molecule has 27 heavy (non-hydrogen) atoms. The van der Waals surface area contributed by atoms with Gasteiger partial charge >= 0.3 is 5.97 Å².